The lowest BCUT2D eigenvalue weighted by atomic mass is 10.1. The molecule has 0 aliphatic heterocycles. The van der Waals surface area contributed by atoms with Crippen molar-refractivity contribution in [1.82, 2.24) is 4.57 Å². The van der Waals surface area contributed by atoms with Gasteiger partial charge in [0.15, 0.2) is 17.4 Å². The minimum Gasteiger partial charge on any atom is -0.502 e. The molecule has 2 heterocycles. The Morgan fingerprint density at radius 2 is 1.48 bits per heavy atom. The van der Waals surface area contributed by atoms with Crippen LogP contribution in [-0.2, 0) is 0 Å². The highest BCUT2D eigenvalue weighted by Gasteiger charge is 2.26. The van der Waals surface area contributed by atoms with E-state index in [9.17, 15) is 13.9 Å². The highest BCUT2D eigenvalue weighted by Crippen LogP contribution is 2.28. The van der Waals surface area contributed by atoms with E-state index in [0.29, 0.717) is 16.9 Å². The highest BCUT2D eigenvalue weighted by atomic mass is 32.1. The SMILES string of the molecule is Cc1cc(/C(O)=C(\C(=S)Nc2ccc(F)cc2)[n+]2ccccc2)c(C)n1-c1ccc(F)cc1. The molecule has 2 N–H and O–H groups in total. The van der Waals surface area contributed by atoms with Crippen molar-refractivity contribution in [2.45, 2.75) is 13.8 Å². The van der Waals surface area contributed by atoms with Crippen LogP contribution in [-0.4, -0.2) is 14.7 Å². The molecule has 166 valence electrons. The molecule has 7 heteroatoms. The second kappa shape index (κ2) is 9.34. The Hall–Kier alpha value is -3.84. The predicted octanol–water partition coefficient (Wildman–Crippen LogP) is 5.98. The number of thiocarbonyl (C=S) groups is 1. The van der Waals surface area contributed by atoms with Gasteiger partial charge in [-0.15, -0.1) is 0 Å². The second-order valence-corrected chi connectivity index (χ2v) is 7.95. The van der Waals surface area contributed by atoms with Gasteiger partial charge < -0.3 is 15.0 Å². The summed E-state index contributed by atoms with van der Waals surface area (Å²) < 4.78 is 30.4. The molecule has 0 unspecified atom stereocenters. The average Bonchev–Trinajstić information content (AvgIpc) is 3.11. The van der Waals surface area contributed by atoms with E-state index in [1.165, 1.54) is 24.3 Å². The lowest BCUT2D eigenvalue weighted by molar-refractivity contribution is -0.575. The quantitative estimate of drug-likeness (QED) is 0.166. The molecule has 2 aromatic carbocycles. The Balaban J connectivity index is 1.82. The summed E-state index contributed by atoms with van der Waals surface area (Å²) in [6.07, 6.45) is 3.56. The van der Waals surface area contributed by atoms with Crippen molar-refractivity contribution in [3.63, 3.8) is 0 Å². The number of halogens is 2. The zero-order valence-electron chi connectivity index (χ0n) is 18.1. The summed E-state index contributed by atoms with van der Waals surface area (Å²) in [5.74, 6) is -0.688. The summed E-state index contributed by atoms with van der Waals surface area (Å²) in [6, 6.07) is 19.4. The van der Waals surface area contributed by atoms with Crippen LogP contribution in [0.3, 0.4) is 0 Å². The highest BCUT2D eigenvalue weighted by molar-refractivity contribution is 7.81. The summed E-state index contributed by atoms with van der Waals surface area (Å²) >= 11 is 5.65. The Labute approximate surface area is 196 Å². The fourth-order valence-electron chi connectivity index (χ4n) is 3.74. The van der Waals surface area contributed by atoms with E-state index < -0.39 is 0 Å². The van der Waals surface area contributed by atoms with Crippen LogP contribution < -0.4 is 9.88 Å². The molecule has 0 amide bonds. The van der Waals surface area contributed by atoms with Crippen LogP contribution in [0.1, 0.15) is 17.0 Å². The van der Waals surface area contributed by atoms with Gasteiger partial charge in [-0.1, -0.05) is 18.3 Å². The molecule has 0 spiro atoms. The summed E-state index contributed by atoms with van der Waals surface area (Å²) in [5, 5.41) is 14.5. The molecular formula is C26H22F2N3OS+. The molecule has 0 saturated carbocycles. The number of benzene rings is 2. The molecule has 2 aromatic heterocycles. The van der Waals surface area contributed by atoms with Gasteiger partial charge in [0.25, 0.3) is 5.70 Å². The smallest absolute Gasteiger partial charge is 0.288 e. The van der Waals surface area contributed by atoms with Crippen LogP contribution in [0.25, 0.3) is 17.1 Å². The number of aromatic nitrogens is 2. The van der Waals surface area contributed by atoms with Gasteiger partial charge in [0.1, 0.15) is 11.6 Å². The first-order chi connectivity index (χ1) is 15.8. The number of hydrogen-bond donors (Lipinski definition) is 2. The van der Waals surface area contributed by atoms with Crippen LogP contribution in [0.2, 0.25) is 0 Å². The normalized spacial score (nSPS) is 11.8. The third-order valence-electron chi connectivity index (χ3n) is 5.29. The number of aliphatic hydroxyl groups excluding tert-OH is 1. The van der Waals surface area contributed by atoms with E-state index >= 15 is 0 Å². The number of aliphatic hydroxyl groups is 1. The lowest BCUT2D eigenvalue weighted by Crippen LogP contribution is -2.38. The van der Waals surface area contributed by atoms with Crippen molar-refractivity contribution in [3.05, 3.63) is 114 Å². The molecule has 0 fully saturated rings. The van der Waals surface area contributed by atoms with Gasteiger partial charge in [0.05, 0.1) is 0 Å². The van der Waals surface area contributed by atoms with Crippen LogP contribution in [0.4, 0.5) is 14.5 Å². The topological polar surface area (TPSA) is 41.1 Å². The van der Waals surface area contributed by atoms with Gasteiger partial charge >= 0.3 is 0 Å². The Morgan fingerprint density at radius 3 is 2.09 bits per heavy atom. The third kappa shape index (κ3) is 4.68. The Bertz CT molecular complexity index is 1330. The molecule has 4 rings (SSSR count). The third-order valence-corrected chi connectivity index (χ3v) is 5.58. The molecular weight excluding hydrogens is 440 g/mol. The largest absolute Gasteiger partial charge is 0.502 e. The van der Waals surface area contributed by atoms with Crippen LogP contribution >= 0.6 is 12.2 Å². The summed E-state index contributed by atoms with van der Waals surface area (Å²) in [7, 11) is 0. The van der Waals surface area contributed by atoms with Crippen LogP contribution in [0, 0.1) is 25.5 Å². The van der Waals surface area contributed by atoms with Crippen molar-refractivity contribution in [2.75, 3.05) is 5.32 Å². The van der Waals surface area contributed by atoms with Crippen molar-refractivity contribution >= 4 is 34.3 Å². The maximum Gasteiger partial charge on any atom is 0.288 e. The molecule has 33 heavy (non-hydrogen) atoms. The maximum absolute atomic E-state index is 13.4. The van der Waals surface area contributed by atoms with E-state index in [1.807, 2.05) is 42.7 Å². The van der Waals surface area contributed by atoms with Gasteiger partial charge in [-0.3, -0.25) is 0 Å². The Kier molecular flexibility index (Phi) is 6.33. The molecule has 0 saturated heterocycles. The minimum atomic E-state index is -0.351. The summed E-state index contributed by atoms with van der Waals surface area (Å²) in [5.41, 5.74) is 3.98. The average molecular weight is 463 g/mol. The van der Waals surface area contributed by atoms with Gasteiger partial charge in [0, 0.05) is 40.5 Å². The fourth-order valence-corrected chi connectivity index (χ4v) is 4.06. The zero-order valence-corrected chi connectivity index (χ0v) is 18.9. The predicted molar refractivity (Wildman–Crippen MR) is 130 cm³/mol. The van der Waals surface area contributed by atoms with Crippen molar-refractivity contribution in [1.29, 1.82) is 0 Å². The molecule has 0 aliphatic rings. The number of anilines is 1. The lowest BCUT2D eigenvalue weighted by Gasteiger charge is -2.12. The van der Waals surface area contributed by atoms with Crippen molar-refractivity contribution < 1.29 is 18.5 Å². The first-order valence-electron chi connectivity index (χ1n) is 10.3. The summed E-state index contributed by atoms with van der Waals surface area (Å²) in [6.45, 7) is 3.79. The van der Waals surface area contributed by atoms with Gasteiger partial charge in [-0.2, -0.15) is 4.57 Å². The van der Waals surface area contributed by atoms with Crippen LogP contribution in [0.5, 0.6) is 0 Å². The maximum atomic E-state index is 13.4. The number of nitrogens with one attached hydrogen (secondary N) is 1. The molecule has 0 aliphatic carbocycles. The monoisotopic (exact) mass is 462 g/mol. The number of rotatable bonds is 5. The number of hydrogen-bond acceptors (Lipinski definition) is 2. The van der Waals surface area contributed by atoms with Gasteiger partial charge in [-0.25, -0.2) is 8.78 Å². The Morgan fingerprint density at radius 1 is 0.909 bits per heavy atom. The van der Waals surface area contributed by atoms with E-state index in [-0.39, 0.29) is 22.4 Å². The van der Waals surface area contributed by atoms with E-state index in [1.54, 1.807) is 41.2 Å². The van der Waals surface area contributed by atoms with E-state index in [0.717, 1.165) is 17.1 Å². The number of pyridine rings is 1. The van der Waals surface area contributed by atoms with Crippen molar-refractivity contribution in [2.24, 2.45) is 0 Å². The van der Waals surface area contributed by atoms with Gasteiger partial charge in [0.2, 0.25) is 5.76 Å². The molecule has 4 nitrogen and oxygen atoms in total. The second-order valence-electron chi connectivity index (χ2n) is 7.54. The fraction of sp³-hybridized carbons (Fsp3) is 0.0769. The molecule has 4 aromatic rings. The standard InChI is InChI=1S/C26H21F2N3OS/c1-17-16-23(18(2)31(17)22-12-8-20(28)9-13-22)25(32)24(30-14-4-3-5-15-30)26(33)29-21-10-6-19(27)7-11-21/h3-16H,1-2H3,(H-,29,32,33)/p+1. The van der Waals surface area contributed by atoms with Crippen molar-refractivity contribution in [3.8, 4) is 5.69 Å². The molecule has 0 bridgehead atoms. The first kappa shape index (κ1) is 22.4. The molecule has 0 atom stereocenters. The van der Waals surface area contributed by atoms with E-state index in [4.69, 9.17) is 12.2 Å². The minimum absolute atomic E-state index is 0.0210. The van der Waals surface area contributed by atoms with Gasteiger partial charge in [-0.05, 0) is 68.4 Å². The molecule has 0 radical (unpaired) electrons. The number of nitrogens with zero attached hydrogens (tertiary/aromatic N) is 2. The first-order valence-corrected chi connectivity index (χ1v) is 10.7. The number of aryl methyl sites for hydroxylation is 1. The van der Waals surface area contributed by atoms with E-state index in [2.05, 4.69) is 5.32 Å². The zero-order chi connectivity index (χ0) is 23.5. The van der Waals surface area contributed by atoms with Crippen LogP contribution in [0.15, 0.2) is 85.2 Å². The summed E-state index contributed by atoms with van der Waals surface area (Å²) in [4.78, 5) is 0.266.